The van der Waals surface area contributed by atoms with Crippen LogP contribution in [0.3, 0.4) is 0 Å². The number of carbonyl (C=O) groups is 6. The molecule has 0 heterocycles. The fourth-order valence-electron chi connectivity index (χ4n) is 5.65. The van der Waals surface area contributed by atoms with Gasteiger partial charge in [0.1, 0.15) is 24.9 Å². The highest BCUT2D eigenvalue weighted by atomic mass is 16.6. The van der Waals surface area contributed by atoms with Gasteiger partial charge in [-0.15, -0.1) is 0 Å². The number of esters is 3. The summed E-state index contributed by atoms with van der Waals surface area (Å²) in [5.74, 6) is -1.93. The van der Waals surface area contributed by atoms with Crippen LogP contribution in [0.1, 0.15) is 150 Å². The van der Waals surface area contributed by atoms with Gasteiger partial charge in [-0.3, -0.25) is 19.2 Å². The molecular weight excluding hydrogens is 766 g/mol. The van der Waals surface area contributed by atoms with Gasteiger partial charge < -0.3 is 49.1 Å². The van der Waals surface area contributed by atoms with Gasteiger partial charge in [0.15, 0.2) is 0 Å². The Morgan fingerprint density at radius 3 is 1.46 bits per heavy atom. The third-order valence-corrected chi connectivity index (χ3v) is 8.65. The van der Waals surface area contributed by atoms with Gasteiger partial charge in [-0.2, -0.15) is 0 Å². The number of unbranched alkanes of at least 4 members (excludes halogenated alkanes) is 13. The highest BCUT2D eigenvalue weighted by molar-refractivity contribution is 5.85. The molecular formula is C43H79N3O13. The first kappa shape index (κ1) is 55.7. The molecule has 0 unspecified atom stereocenters. The molecule has 0 aromatic rings. The van der Waals surface area contributed by atoms with Crippen LogP contribution in [0.25, 0.3) is 0 Å². The molecule has 0 saturated heterocycles. The van der Waals surface area contributed by atoms with Crippen LogP contribution in [-0.2, 0) is 61.9 Å². The molecule has 0 aromatic heterocycles. The van der Waals surface area contributed by atoms with Crippen molar-refractivity contribution in [3.8, 4) is 0 Å². The average Bonchev–Trinajstić information content (AvgIpc) is 3.17. The molecule has 344 valence electrons. The van der Waals surface area contributed by atoms with E-state index in [4.69, 9.17) is 28.4 Å². The minimum absolute atomic E-state index is 0.0225. The number of hydrogen-bond donors (Lipinski definition) is 3. The van der Waals surface area contributed by atoms with Crippen LogP contribution in [0.4, 0.5) is 0 Å². The Bertz CT molecular complexity index is 1130. The number of amides is 3. The van der Waals surface area contributed by atoms with Gasteiger partial charge in [-0.25, -0.2) is 9.59 Å². The Labute approximate surface area is 353 Å². The van der Waals surface area contributed by atoms with Crippen molar-refractivity contribution < 1.29 is 61.9 Å². The van der Waals surface area contributed by atoms with E-state index in [9.17, 15) is 28.8 Å². The second-order valence-electron chi connectivity index (χ2n) is 15.8. The first-order chi connectivity index (χ1) is 28.2. The van der Waals surface area contributed by atoms with Gasteiger partial charge >= 0.3 is 17.9 Å². The predicted molar refractivity (Wildman–Crippen MR) is 223 cm³/mol. The number of hydrogen-bond acceptors (Lipinski definition) is 13. The van der Waals surface area contributed by atoms with E-state index in [2.05, 4.69) is 20.7 Å². The van der Waals surface area contributed by atoms with E-state index < -0.39 is 23.6 Å². The van der Waals surface area contributed by atoms with Crippen LogP contribution < -0.4 is 16.0 Å². The third kappa shape index (κ3) is 39.9. The lowest BCUT2D eigenvalue weighted by atomic mass is 10.0. The van der Waals surface area contributed by atoms with Crippen molar-refractivity contribution >= 4 is 35.6 Å². The third-order valence-electron chi connectivity index (χ3n) is 8.65. The second kappa shape index (κ2) is 37.6. The summed E-state index contributed by atoms with van der Waals surface area (Å²) >= 11 is 0. The zero-order valence-corrected chi connectivity index (χ0v) is 37.3. The van der Waals surface area contributed by atoms with Gasteiger partial charge in [0, 0.05) is 32.4 Å². The number of ether oxygens (including phenoxy) is 7. The molecule has 0 aliphatic carbocycles. The van der Waals surface area contributed by atoms with E-state index >= 15 is 0 Å². The fourth-order valence-corrected chi connectivity index (χ4v) is 5.65. The molecule has 3 amide bonds. The van der Waals surface area contributed by atoms with Gasteiger partial charge in [0.05, 0.1) is 52.9 Å². The second-order valence-corrected chi connectivity index (χ2v) is 15.8. The highest BCUT2D eigenvalue weighted by Gasteiger charge is 2.27. The molecule has 59 heavy (non-hydrogen) atoms. The normalized spacial score (nSPS) is 11.8. The van der Waals surface area contributed by atoms with Crippen molar-refractivity contribution in [3.63, 3.8) is 0 Å². The maximum Gasteiger partial charge on any atom is 0.331 e. The Morgan fingerprint density at radius 1 is 0.508 bits per heavy atom. The van der Waals surface area contributed by atoms with E-state index in [1.54, 1.807) is 20.8 Å². The summed E-state index contributed by atoms with van der Waals surface area (Å²) in [7, 11) is 1.28. The largest absolute Gasteiger partial charge is 0.467 e. The summed E-state index contributed by atoms with van der Waals surface area (Å²) in [6, 6.07) is -0.926. The molecule has 0 spiro atoms. The number of carbonyl (C=O) groups excluding carboxylic acids is 6. The minimum atomic E-state index is -0.926. The van der Waals surface area contributed by atoms with Crippen LogP contribution in [0.15, 0.2) is 0 Å². The first-order valence-corrected chi connectivity index (χ1v) is 21.9. The molecule has 0 radical (unpaired) electrons. The maximum absolute atomic E-state index is 12.9. The fraction of sp³-hybridized carbons (Fsp3) is 0.860. The molecule has 0 aromatic carbocycles. The summed E-state index contributed by atoms with van der Waals surface area (Å²) in [4.78, 5) is 72.4. The Hall–Kier alpha value is -3.34. The monoisotopic (exact) mass is 846 g/mol. The number of nitrogens with one attached hydrogen (secondary N) is 3. The van der Waals surface area contributed by atoms with E-state index in [-0.39, 0.29) is 102 Å². The molecule has 0 saturated carbocycles. The summed E-state index contributed by atoms with van der Waals surface area (Å²) in [6.07, 6.45) is 16.7. The van der Waals surface area contributed by atoms with E-state index in [0.29, 0.717) is 19.4 Å². The topological polar surface area (TPSA) is 203 Å². The Balaban J connectivity index is 3.99. The summed E-state index contributed by atoms with van der Waals surface area (Å²) in [5, 5.41) is 8.18. The maximum atomic E-state index is 12.9. The molecule has 0 rings (SSSR count). The summed E-state index contributed by atoms with van der Waals surface area (Å²) < 4.78 is 36.2. The lowest BCUT2D eigenvalue weighted by Gasteiger charge is -2.24. The highest BCUT2D eigenvalue weighted by Crippen LogP contribution is 2.15. The van der Waals surface area contributed by atoms with Crippen molar-refractivity contribution in [1.29, 1.82) is 0 Å². The minimum Gasteiger partial charge on any atom is -0.467 e. The van der Waals surface area contributed by atoms with Crippen molar-refractivity contribution in [2.45, 2.75) is 168 Å². The lowest BCUT2D eigenvalue weighted by Crippen LogP contribution is -2.44. The van der Waals surface area contributed by atoms with Crippen LogP contribution in [0.5, 0.6) is 0 Å². The Morgan fingerprint density at radius 2 is 0.966 bits per heavy atom. The Kier molecular flexibility index (Phi) is 35.5. The molecule has 0 fully saturated rings. The molecule has 3 N–H and O–H groups in total. The van der Waals surface area contributed by atoms with Crippen molar-refractivity contribution in [1.82, 2.24) is 16.0 Å². The standard InChI is InChI=1S/C43H79N3O13/c1-35(2)58-40(50)22-20-18-16-14-12-10-8-7-9-11-13-15-17-19-21-38(48)46-36(42(52)59-43(3,4)5)23-24-37(47)44-25-27-54-29-31-56-33-39(49)45-26-28-55-30-32-57-34-41(51)53-6/h35-36H,7-34H2,1-6H3,(H,44,47)(H,45,49)(H,46,48)/t36-/m0/s1. The van der Waals surface area contributed by atoms with Gasteiger partial charge in [-0.05, 0) is 53.9 Å². The van der Waals surface area contributed by atoms with Crippen LogP contribution in [-0.4, -0.2) is 126 Å². The molecule has 16 heteroatoms. The molecule has 0 bridgehead atoms. The first-order valence-electron chi connectivity index (χ1n) is 21.9. The predicted octanol–water partition coefficient (Wildman–Crippen LogP) is 5.26. The van der Waals surface area contributed by atoms with Crippen molar-refractivity contribution in [2.24, 2.45) is 0 Å². The zero-order valence-electron chi connectivity index (χ0n) is 37.3. The van der Waals surface area contributed by atoms with Gasteiger partial charge in [-0.1, -0.05) is 77.0 Å². The molecule has 0 aliphatic heterocycles. The molecule has 0 aliphatic rings. The molecule has 16 nitrogen and oxygen atoms in total. The van der Waals surface area contributed by atoms with Gasteiger partial charge in [0.2, 0.25) is 17.7 Å². The molecule has 1 atom stereocenters. The van der Waals surface area contributed by atoms with Crippen molar-refractivity contribution in [3.05, 3.63) is 0 Å². The van der Waals surface area contributed by atoms with Crippen molar-refractivity contribution in [2.75, 3.05) is 73.1 Å². The van der Waals surface area contributed by atoms with E-state index in [0.717, 1.165) is 38.5 Å². The summed E-state index contributed by atoms with van der Waals surface area (Å²) in [6.45, 7) is 10.7. The number of rotatable bonds is 39. The van der Waals surface area contributed by atoms with E-state index in [1.807, 2.05) is 13.8 Å². The number of methoxy groups -OCH3 is 1. The van der Waals surface area contributed by atoms with E-state index in [1.165, 1.54) is 58.5 Å². The van der Waals surface area contributed by atoms with Crippen LogP contribution in [0.2, 0.25) is 0 Å². The van der Waals surface area contributed by atoms with Crippen LogP contribution >= 0.6 is 0 Å². The zero-order chi connectivity index (χ0) is 44.0. The van der Waals surface area contributed by atoms with Crippen LogP contribution in [0, 0.1) is 0 Å². The quantitative estimate of drug-likeness (QED) is 0.0411. The SMILES string of the molecule is COC(=O)COCCOCCNC(=O)COCCOCCNC(=O)CC[C@H](NC(=O)CCCCCCCCCCCCCCCCC(=O)OC(C)C)C(=O)OC(C)(C)C. The average molecular weight is 846 g/mol. The lowest BCUT2D eigenvalue weighted by molar-refractivity contribution is -0.159. The summed E-state index contributed by atoms with van der Waals surface area (Å²) in [5.41, 5.74) is -0.736. The smallest absolute Gasteiger partial charge is 0.331 e. The van der Waals surface area contributed by atoms with Gasteiger partial charge in [0.25, 0.3) is 0 Å².